The molecule has 1 aromatic heterocycles. The smallest absolute Gasteiger partial charge is 0.243 e. The van der Waals surface area contributed by atoms with Crippen LogP contribution in [0, 0.1) is 0 Å². The Morgan fingerprint density at radius 1 is 1.13 bits per heavy atom. The van der Waals surface area contributed by atoms with Gasteiger partial charge in [0.1, 0.15) is 5.82 Å². The summed E-state index contributed by atoms with van der Waals surface area (Å²) in [7, 11) is -1.61. The summed E-state index contributed by atoms with van der Waals surface area (Å²) >= 11 is 0. The monoisotopic (exact) mass is 448 g/mol. The summed E-state index contributed by atoms with van der Waals surface area (Å²) in [4.78, 5) is 17.4. The van der Waals surface area contributed by atoms with E-state index < -0.39 is 10.0 Å². The zero-order chi connectivity index (χ0) is 22.4. The quantitative estimate of drug-likeness (QED) is 0.666. The van der Waals surface area contributed by atoms with Gasteiger partial charge in [0.15, 0.2) is 0 Å². The van der Waals surface area contributed by atoms with Crippen LogP contribution in [0.5, 0.6) is 0 Å². The molecule has 0 unspecified atom stereocenters. The second-order valence-electron chi connectivity index (χ2n) is 8.44. The molecule has 1 aromatic carbocycles. The average molecular weight is 449 g/mol. The Morgan fingerprint density at radius 2 is 1.77 bits per heavy atom. The van der Waals surface area contributed by atoms with Crippen LogP contribution in [-0.4, -0.2) is 47.3 Å². The van der Waals surface area contributed by atoms with E-state index in [9.17, 15) is 13.2 Å². The summed E-state index contributed by atoms with van der Waals surface area (Å²) in [6.07, 6.45) is 9.27. The molecular formula is C23H36N4O3S. The van der Waals surface area contributed by atoms with E-state index in [-0.39, 0.29) is 10.8 Å². The van der Waals surface area contributed by atoms with E-state index in [0.717, 1.165) is 24.2 Å². The number of amides is 1. The average Bonchev–Trinajstić information content (AvgIpc) is 3.04. The van der Waals surface area contributed by atoms with Crippen LogP contribution in [0.3, 0.4) is 0 Å². The molecule has 1 fully saturated rings. The van der Waals surface area contributed by atoms with Crippen LogP contribution < -0.4 is 5.32 Å². The Balaban J connectivity index is 1.68. The summed E-state index contributed by atoms with van der Waals surface area (Å²) in [6, 6.07) is 5.38. The third-order valence-electron chi connectivity index (χ3n) is 6.33. The lowest BCUT2D eigenvalue weighted by Crippen LogP contribution is -2.35. The van der Waals surface area contributed by atoms with Gasteiger partial charge in [-0.1, -0.05) is 46.0 Å². The van der Waals surface area contributed by atoms with E-state index in [1.807, 2.05) is 25.5 Å². The Labute approximate surface area is 186 Å². The predicted molar refractivity (Wildman–Crippen MR) is 123 cm³/mol. The van der Waals surface area contributed by atoms with Gasteiger partial charge in [0.25, 0.3) is 0 Å². The second-order valence-corrected chi connectivity index (χ2v) is 10.4. The molecule has 0 radical (unpaired) electrons. The summed E-state index contributed by atoms with van der Waals surface area (Å²) in [5.41, 5.74) is 1.51. The van der Waals surface area contributed by atoms with Crippen molar-refractivity contribution < 1.29 is 13.2 Å². The maximum absolute atomic E-state index is 12.8. The van der Waals surface area contributed by atoms with Crippen molar-refractivity contribution in [2.45, 2.75) is 82.6 Å². The molecule has 2 aromatic rings. The highest BCUT2D eigenvalue weighted by Crippen LogP contribution is 2.23. The van der Waals surface area contributed by atoms with E-state index >= 15 is 0 Å². The molecular weight excluding hydrogens is 412 g/mol. The topological polar surface area (TPSA) is 84.3 Å². The summed E-state index contributed by atoms with van der Waals surface area (Å²) in [5.74, 6) is 0.864. The SMILES string of the molecule is CCN(CC)S(=O)(=O)c1ccc2c(c1)nc(CCC(=O)NC1CCCCCCC1)n2C. The van der Waals surface area contributed by atoms with Crippen molar-refractivity contribution in [3.05, 3.63) is 24.0 Å². The van der Waals surface area contributed by atoms with Crippen molar-refractivity contribution >= 4 is 27.0 Å². The molecule has 1 aliphatic carbocycles. The van der Waals surface area contributed by atoms with Crippen LogP contribution in [0.4, 0.5) is 0 Å². The minimum atomic E-state index is -3.52. The maximum atomic E-state index is 12.8. The van der Waals surface area contributed by atoms with Crippen LogP contribution >= 0.6 is 0 Å². The number of aryl methyl sites for hydroxylation is 2. The number of hydrogen-bond acceptors (Lipinski definition) is 4. The molecule has 0 atom stereocenters. The first-order chi connectivity index (χ1) is 14.9. The Morgan fingerprint density at radius 3 is 2.42 bits per heavy atom. The lowest BCUT2D eigenvalue weighted by Gasteiger charge is -2.21. The van der Waals surface area contributed by atoms with E-state index in [1.165, 1.54) is 36.4 Å². The highest BCUT2D eigenvalue weighted by atomic mass is 32.2. The van der Waals surface area contributed by atoms with Crippen molar-refractivity contribution in [2.24, 2.45) is 7.05 Å². The molecule has 31 heavy (non-hydrogen) atoms. The van der Waals surface area contributed by atoms with E-state index in [2.05, 4.69) is 10.3 Å². The van der Waals surface area contributed by atoms with Crippen molar-refractivity contribution in [2.75, 3.05) is 13.1 Å². The number of aromatic nitrogens is 2. The number of imidazole rings is 1. The fraction of sp³-hybridized carbons (Fsp3) is 0.652. The van der Waals surface area contributed by atoms with Gasteiger partial charge in [0.2, 0.25) is 15.9 Å². The number of carbonyl (C=O) groups is 1. The lowest BCUT2D eigenvalue weighted by atomic mass is 9.96. The zero-order valence-corrected chi connectivity index (χ0v) is 19.9. The van der Waals surface area contributed by atoms with Crippen molar-refractivity contribution in [1.29, 1.82) is 0 Å². The number of hydrogen-bond donors (Lipinski definition) is 1. The number of nitrogens with zero attached hydrogens (tertiary/aromatic N) is 3. The van der Waals surface area contributed by atoms with Gasteiger partial charge in [-0.2, -0.15) is 4.31 Å². The van der Waals surface area contributed by atoms with Gasteiger partial charge >= 0.3 is 0 Å². The molecule has 0 spiro atoms. The molecule has 172 valence electrons. The normalized spacial score (nSPS) is 16.4. The van der Waals surface area contributed by atoms with Gasteiger partial charge in [-0.25, -0.2) is 13.4 Å². The largest absolute Gasteiger partial charge is 0.353 e. The molecule has 7 nitrogen and oxygen atoms in total. The van der Waals surface area contributed by atoms with Gasteiger partial charge in [-0.05, 0) is 31.0 Å². The zero-order valence-electron chi connectivity index (χ0n) is 19.1. The Kier molecular flexibility index (Phi) is 8.11. The van der Waals surface area contributed by atoms with E-state index in [4.69, 9.17) is 0 Å². The van der Waals surface area contributed by atoms with E-state index in [0.29, 0.717) is 37.5 Å². The van der Waals surface area contributed by atoms with Gasteiger partial charge < -0.3 is 9.88 Å². The fourth-order valence-corrected chi connectivity index (χ4v) is 5.93. The molecule has 1 heterocycles. The number of fused-ring (bicyclic) bond motifs is 1. The van der Waals surface area contributed by atoms with Crippen molar-refractivity contribution in [1.82, 2.24) is 19.2 Å². The molecule has 3 rings (SSSR count). The van der Waals surface area contributed by atoms with Crippen LogP contribution in [0.1, 0.15) is 71.0 Å². The first-order valence-corrected chi connectivity index (χ1v) is 13.1. The first-order valence-electron chi connectivity index (χ1n) is 11.6. The molecule has 1 N–H and O–H groups in total. The van der Waals surface area contributed by atoms with Gasteiger partial charge in [-0.15, -0.1) is 0 Å². The van der Waals surface area contributed by atoms with Crippen molar-refractivity contribution in [3.63, 3.8) is 0 Å². The van der Waals surface area contributed by atoms with Crippen LogP contribution in [0.15, 0.2) is 23.1 Å². The maximum Gasteiger partial charge on any atom is 0.243 e. The lowest BCUT2D eigenvalue weighted by molar-refractivity contribution is -0.121. The Hall–Kier alpha value is -1.93. The van der Waals surface area contributed by atoms with Gasteiger partial charge in [-0.3, -0.25) is 4.79 Å². The van der Waals surface area contributed by atoms with E-state index in [1.54, 1.807) is 18.2 Å². The third-order valence-corrected chi connectivity index (χ3v) is 8.38. The van der Waals surface area contributed by atoms with Crippen LogP contribution in [-0.2, 0) is 28.3 Å². The molecule has 0 bridgehead atoms. The highest BCUT2D eigenvalue weighted by Gasteiger charge is 2.23. The molecule has 1 aliphatic rings. The standard InChI is InChI=1S/C23H36N4O3S/c1-4-27(5-2)31(29,30)19-13-14-21-20(17-19)25-22(26(21)3)15-16-23(28)24-18-11-9-7-6-8-10-12-18/h13-14,17-18H,4-12,15-16H2,1-3H3,(H,24,28). The summed E-state index contributed by atoms with van der Waals surface area (Å²) < 4.78 is 29.0. The highest BCUT2D eigenvalue weighted by molar-refractivity contribution is 7.89. The minimum Gasteiger partial charge on any atom is -0.353 e. The molecule has 0 aliphatic heterocycles. The number of rotatable bonds is 8. The van der Waals surface area contributed by atoms with Gasteiger partial charge in [0.05, 0.1) is 15.9 Å². The molecule has 1 amide bonds. The fourth-order valence-electron chi connectivity index (χ4n) is 4.45. The molecule has 1 saturated carbocycles. The van der Waals surface area contributed by atoms with Crippen LogP contribution in [0.25, 0.3) is 11.0 Å². The van der Waals surface area contributed by atoms with Gasteiger partial charge in [0, 0.05) is 39.0 Å². The predicted octanol–water partition coefficient (Wildman–Crippen LogP) is 3.77. The van der Waals surface area contributed by atoms with Crippen molar-refractivity contribution in [3.8, 4) is 0 Å². The Bertz CT molecular complexity index is 988. The minimum absolute atomic E-state index is 0.0717. The van der Waals surface area contributed by atoms with Crippen LogP contribution in [0.2, 0.25) is 0 Å². The molecule has 0 saturated heterocycles. The number of sulfonamides is 1. The summed E-state index contributed by atoms with van der Waals surface area (Å²) in [6.45, 7) is 4.53. The number of benzene rings is 1. The second kappa shape index (κ2) is 10.6. The third kappa shape index (κ3) is 5.66. The first kappa shape index (κ1) is 23.7. The summed E-state index contributed by atoms with van der Waals surface area (Å²) in [5, 5.41) is 3.20. The molecule has 8 heteroatoms. The number of nitrogens with one attached hydrogen (secondary N) is 1. The number of carbonyl (C=O) groups excluding carboxylic acids is 1.